The second kappa shape index (κ2) is 5.52. The number of amides is 1. The zero-order chi connectivity index (χ0) is 16.8. The molecular weight excluding hydrogens is 318 g/mol. The third kappa shape index (κ3) is 2.78. The number of imidazole rings is 1. The lowest BCUT2D eigenvalue weighted by Gasteiger charge is -2.23. The first-order valence-corrected chi connectivity index (χ1v) is 9.22. The molecule has 7 nitrogen and oxygen atoms in total. The molecule has 1 amide bonds. The quantitative estimate of drug-likeness (QED) is 0.789. The van der Waals surface area contributed by atoms with Gasteiger partial charge < -0.3 is 4.90 Å². The van der Waals surface area contributed by atoms with Gasteiger partial charge in [0.1, 0.15) is 6.54 Å². The predicted molar refractivity (Wildman–Crippen MR) is 87.0 cm³/mol. The summed E-state index contributed by atoms with van der Waals surface area (Å²) in [5, 5.41) is 0. The van der Waals surface area contributed by atoms with Crippen LogP contribution in [0, 0.1) is 0 Å². The number of hydrogen-bond donors (Lipinski definition) is 0. The summed E-state index contributed by atoms with van der Waals surface area (Å²) in [4.78, 5) is 26.3. The fraction of sp³-hybridized carbons (Fsp3) is 0.467. The summed E-state index contributed by atoms with van der Waals surface area (Å²) >= 11 is 0. The molecule has 8 heteroatoms. The Morgan fingerprint density at radius 1 is 1.30 bits per heavy atom. The highest BCUT2D eigenvalue weighted by Gasteiger charge is 2.33. The van der Waals surface area contributed by atoms with E-state index < -0.39 is 9.84 Å². The van der Waals surface area contributed by atoms with Gasteiger partial charge >= 0.3 is 5.69 Å². The van der Waals surface area contributed by atoms with E-state index in [-0.39, 0.29) is 35.7 Å². The first-order valence-electron chi connectivity index (χ1n) is 7.40. The molecule has 0 bridgehead atoms. The van der Waals surface area contributed by atoms with Crippen LogP contribution in [-0.2, 0) is 28.2 Å². The fourth-order valence-electron chi connectivity index (χ4n) is 3.05. The largest absolute Gasteiger partial charge is 0.340 e. The van der Waals surface area contributed by atoms with E-state index in [0.29, 0.717) is 11.9 Å². The molecule has 0 N–H and O–H groups in total. The number of likely N-dealkylation sites (N-methyl/N-ethyl adjacent to an activating group) is 1. The molecular formula is C15H19N3O4S. The van der Waals surface area contributed by atoms with Gasteiger partial charge in [-0.2, -0.15) is 0 Å². The monoisotopic (exact) mass is 337 g/mol. The van der Waals surface area contributed by atoms with Crippen LogP contribution in [0.1, 0.15) is 6.42 Å². The van der Waals surface area contributed by atoms with Crippen LogP contribution in [0.4, 0.5) is 0 Å². The van der Waals surface area contributed by atoms with E-state index in [1.54, 1.807) is 20.2 Å². The summed E-state index contributed by atoms with van der Waals surface area (Å²) in [6.07, 6.45) is 0.453. The van der Waals surface area contributed by atoms with Gasteiger partial charge in [-0.05, 0) is 18.6 Å². The van der Waals surface area contributed by atoms with Crippen molar-refractivity contribution < 1.29 is 13.2 Å². The summed E-state index contributed by atoms with van der Waals surface area (Å²) in [6.45, 7) is -0.0900. The first-order chi connectivity index (χ1) is 10.8. The third-order valence-corrected chi connectivity index (χ3v) is 6.24. The van der Waals surface area contributed by atoms with E-state index in [1.807, 2.05) is 18.2 Å². The van der Waals surface area contributed by atoms with Crippen LogP contribution in [0.2, 0.25) is 0 Å². The van der Waals surface area contributed by atoms with Crippen molar-refractivity contribution in [3.05, 3.63) is 34.7 Å². The Labute approximate surface area is 134 Å². The Bertz CT molecular complexity index is 926. The second-order valence-electron chi connectivity index (χ2n) is 5.98. The molecule has 0 radical (unpaired) electrons. The Morgan fingerprint density at radius 3 is 2.57 bits per heavy atom. The van der Waals surface area contributed by atoms with Gasteiger partial charge in [0.25, 0.3) is 0 Å². The number of carbonyl (C=O) groups excluding carboxylic acids is 1. The lowest BCUT2D eigenvalue weighted by Crippen LogP contribution is -2.41. The summed E-state index contributed by atoms with van der Waals surface area (Å²) in [5.41, 5.74) is 1.20. The average Bonchev–Trinajstić information content (AvgIpc) is 3.00. The van der Waals surface area contributed by atoms with E-state index >= 15 is 0 Å². The van der Waals surface area contributed by atoms with Gasteiger partial charge in [0, 0.05) is 20.1 Å². The molecule has 2 heterocycles. The number of benzene rings is 1. The smallest absolute Gasteiger partial charge is 0.329 e. The minimum atomic E-state index is -3.05. The van der Waals surface area contributed by atoms with Gasteiger partial charge in [0.05, 0.1) is 22.5 Å². The maximum absolute atomic E-state index is 12.5. The molecule has 0 aliphatic carbocycles. The Hall–Kier alpha value is -2.09. The molecule has 0 unspecified atom stereocenters. The van der Waals surface area contributed by atoms with E-state index in [1.165, 1.54) is 14.0 Å². The maximum atomic E-state index is 12.5. The molecule has 1 saturated heterocycles. The number of para-hydroxylation sites is 2. The molecule has 124 valence electrons. The van der Waals surface area contributed by atoms with Crippen LogP contribution in [0.25, 0.3) is 11.0 Å². The zero-order valence-electron chi connectivity index (χ0n) is 13.1. The number of nitrogens with zero attached hydrogens (tertiary/aromatic N) is 3. The average molecular weight is 337 g/mol. The van der Waals surface area contributed by atoms with Crippen molar-refractivity contribution in [2.24, 2.45) is 7.05 Å². The molecule has 1 fully saturated rings. The van der Waals surface area contributed by atoms with Crippen molar-refractivity contribution in [3.8, 4) is 0 Å². The molecule has 1 aromatic carbocycles. The number of fused-ring (bicyclic) bond motifs is 1. The normalized spacial score (nSPS) is 20.0. The molecule has 2 aromatic rings. The van der Waals surface area contributed by atoms with Crippen LogP contribution in [0.15, 0.2) is 29.1 Å². The number of hydrogen-bond acceptors (Lipinski definition) is 4. The van der Waals surface area contributed by atoms with Crippen molar-refractivity contribution in [2.45, 2.75) is 19.0 Å². The highest BCUT2D eigenvalue weighted by atomic mass is 32.2. The number of rotatable bonds is 3. The summed E-state index contributed by atoms with van der Waals surface area (Å²) in [6, 6.07) is 6.97. The number of aryl methyl sites for hydroxylation is 1. The minimum Gasteiger partial charge on any atom is -0.340 e. The zero-order valence-corrected chi connectivity index (χ0v) is 13.9. The highest BCUT2D eigenvalue weighted by Crippen LogP contribution is 2.17. The van der Waals surface area contributed by atoms with Crippen LogP contribution in [0.5, 0.6) is 0 Å². The van der Waals surface area contributed by atoms with Gasteiger partial charge in [-0.3, -0.25) is 13.9 Å². The predicted octanol–water partition coefficient (Wildman–Crippen LogP) is -0.0145. The minimum absolute atomic E-state index is 0.000321. The standard InChI is InChI=1S/C15H19N3O4S/c1-16(11-7-8-23(21,22)10-11)14(19)9-18-13-6-4-3-5-12(13)17(2)15(18)20/h3-6,11H,7-10H2,1-2H3/t11-/m1/s1. The Kier molecular flexibility index (Phi) is 3.79. The molecule has 23 heavy (non-hydrogen) atoms. The van der Waals surface area contributed by atoms with Gasteiger partial charge in [-0.1, -0.05) is 12.1 Å². The molecule has 1 atom stereocenters. The molecule has 0 spiro atoms. The van der Waals surface area contributed by atoms with Gasteiger partial charge in [-0.25, -0.2) is 13.2 Å². The van der Waals surface area contributed by atoms with Crippen LogP contribution in [-0.4, -0.2) is 53.0 Å². The van der Waals surface area contributed by atoms with Crippen molar-refractivity contribution in [1.29, 1.82) is 0 Å². The number of sulfone groups is 1. The van der Waals surface area contributed by atoms with Gasteiger partial charge in [-0.15, -0.1) is 0 Å². The van der Waals surface area contributed by atoms with Gasteiger partial charge in [0.15, 0.2) is 9.84 Å². The van der Waals surface area contributed by atoms with Gasteiger partial charge in [0.2, 0.25) is 5.91 Å². The summed E-state index contributed by atoms with van der Waals surface area (Å²) in [7, 11) is 0.215. The first kappa shape index (κ1) is 15.8. The topological polar surface area (TPSA) is 81.4 Å². The van der Waals surface area contributed by atoms with E-state index in [4.69, 9.17) is 0 Å². The molecule has 1 aliphatic rings. The second-order valence-corrected chi connectivity index (χ2v) is 8.21. The third-order valence-electron chi connectivity index (χ3n) is 4.49. The SMILES string of the molecule is CN(C(=O)Cn1c(=O)n(C)c2ccccc21)[C@@H]1CCS(=O)(=O)C1. The Balaban J connectivity index is 1.86. The molecule has 3 rings (SSSR count). The highest BCUT2D eigenvalue weighted by molar-refractivity contribution is 7.91. The lowest BCUT2D eigenvalue weighted by molar-refractivity contribution is -0.132. The van der Waals surface area contributed by atoms with Crippen molar-refractivity contribution in [2.75, 3.05) is 18.6 Å². The fourth-order valence-corrected chi connectivity index (χ4v) is 4.82. The molecule has 1 aromatic heterocycles. The van der Waals surface area contributed by atoms with Crippen LogP contribution in [0.3, 0.4) is 0 Å². The van der Waals surface area contributed by atoms with E-state index in [2.05, 4.69) is 0 Å². The summed E-state index contributed by atoms with van der Waals surface area (Å²) < 4.78 is 26.1. The number of aromatic nitrogens is 2. The summed E-state index contributed by atoms with van der Waals surface area (Å²) in [5.74, 6) is -0.144. The maximum Gasteiger partial charge on any atom is 0.329 e. The molecule has 1 aliphatic heterocycles. The van der Waals surface area contributed by atoms with Crippen molar-refractivity contribution in [1.82, 2.24) is 14.0 Å². The molecule has 0 saturated carbocycles. The van der Waals surface area contributed by atoms with Crippen molar-refractivity contribution >= 4 is 26.8 Å². The van der Waals surface area contributed by atoms with Crippen molar-refractivity contribution in [3.63, 3.8) is 0 Å². The lowest BCUT2D eigenvalue weighted by atomic mass is 10.2. The van der Waals surface area contributed by atoms with Crippen LogP contribution >= 0.6 is 0 Å². The van der Waals surface area contributed by atoms with E-state index in [9.17, 15) is 18.0 Å². The number of carbonyl (C=O) groups is 1. The Morgan fingerprint density at radius 2 is 1.96 bits per heavy atom. The van der Waals surface area contributed by atoms with Crippen LogP contribution < -0.4 is 5.69 Å². The van der Waals surface area contributed by atoms with E-state index in [0.717, 1.165) is 5.52 Å².